The number of hydrogen-bond donors (Lipinski definition) is 0. The first kappa shape index (κ1) is 77.4. The van der Waals surface area contributed by atoms with Gasteiger partial charge in [0.25, 0.3) is 0 Å². The van der Waals surface area contributed by atoms with E-state index in [2.05, 4.69) is 91.2 Å². The number of rotatable bonds is 7. The third kappa shape index (κ3) is 53.8. The molecule has 0 bridgehead atoms. The van der Waals surface area contributed by atoms with Crippen molar-refractivity contribution in [2.45, 2.75) is 239 Å². The molecule has 1 heterocycles. The van der Waals surface area contributed by atoms with Gasteiger partial charge < -0.3 is 40.9 Å². The van der Waals surface area contributed by atoms with Crippen LogP contribution in [0.5, 0.6) is 11.5 Å². The second kappa shape index (κ2) is 43.4. The number of aryl methyl sites for hydroxylation is 2. The van der Waals surface area contributed by atoms with Gasteiger partial charge in [-0.25, -0.2) is 0 Å². The maximum Gasteiger partial charge on any atom is 4.00 e. The Labute approximate surface area is 425 Å². The normalized spacial score (nSPS) is 12.5. The maximum absolute atomic E-state index is 13.1. The largest absolute Gasteiger partial charge is 4.00 e. The molecule has 0 spiro atoms. The van der Waals surface area contributed by atoms with Crippen LogP contribution < -0.4 is 40.9 Å². The smallest absolute Gasteiger partial charge is 0.872 e. The van der Waals surface area contributed by atoms with Gasteiger partial charge >= 0.3 is 43.4 Å². The number of hydrogen-bond acceptors (Lipinski definition) is 10. The minimum absolute atomic E-state index is 0. The third-order valence-corrected chi connectivity index (χ3v) is 7.45. The predicted molar refractivity (Wildman–Crippen MR) is 250 cm³/mol. The molecule has 2 aromatic carbocycles. The summed E-state index contributed by atoms with van der Waals surface area (Å²) >= 11 is 0. The number of unbranched alkanes of at least 4 members (excludes halogenated alkanes) is 3. The fraction of sp³-hybridized carbons (Fsp3) is 0.769. The predicted octanol–water partition coefficient (Wildman–Crippen LogP) is 5.48. The van der Waals surface area contributed by atoms with E-state index < -0.39 is 36.6 Å². The van der Waals surface area contributed by atoms with Crippen LogP contribution in [0.2, 0.25) is 0 Å². The summed E-state index contributed by atoms with van der Waals surface area (Å²) in [6, 6.07) is 8.18. The molecule has 1 aliphatic heterocycles. The molecular weight excluding hydrogens is 876 g/mol. The topological polar surface area (TPSA) is 191 Å². The number of piperazine rings is 1. The molecule has 64 heavy (non-hydrogen) atoms. The Hall–Kier alpha value is -0.851. The summed E-state index contributed by atoms with van der Waals surface area (Å²) in [6.07, 6.45) is 3.04. The Morgan fingerprint density at radius 1 is 0.438 bits per heavy atom. The van der Waals surface area contributed by atoms with Crippen LogP contribution in [-0.2, 0) is 67.4 Å². The van der Waals surface area contributed by atoms with E-state index in [1.807, 2.05) is 12.1 Å². The molecular formula is C52H96N2O8Ti2. The minimum Gasteiger partial charge on any atom is -0.872 e. The first-order chi connectivity index (χ1) is 28.1. The van der Waals surface area contributed by atoms with Crippen LogP contribution >= 0.6 is 0 Å². The van der Waals surface area contributed by atoms with Crippen molar-refractivity contribution in [2.24, 2.45) is 0 Å². The molecule has 0 atom stereocenters. The molecule has 0 aromatic heterocycles. The molecule has 0 radical (unpaired) electrons. The van der Waals surface area contributed by atoms with Crippen molar-refractivity contribution >= 4 is 0 Å². The molecule has 0 unspecified atom stereocenters. The van der Waals surface area contributed by atoms with E-state index >= 15 is 0 Å². The zero-order chi connectivity index (χ0) is 50.1. The standard InChI is InChI=1S/C28H42N2O2.C6H14.6C3H7O.2Ti/c1-19-13-21(25(31)23(15-19)27(3,4)5)17-29-9-11-30(12-10-29)18-22-14-20(2)16-24(26(22)32)28(6,7)8;1-3-5-6-4-2;6*1-3(2)4;;/h13-16,31-32H,9-12,17-18H2,1-8H3;3-6H2,1-2H3;6*3H,1-2H3;;/q;;6*-1;2*+4/p-2. The second-order valence-corrected chi connectivity index (χ2v) is 19.7. The van der Waals surface area contributed by atoms with Crippen molar-refractivity contribution in [3.63, 3.8) is 0 Å². The van der Waals surface area contributed by atoms with Gasteiger partial charge in [0.1, 0.15) is 0 Å². The molecule has 0 saturated carbocycles. The summed E-state index contributed by atoms with van der Waals surface area (Å²) in [5.41, 5.74) is 5.63. The molecule has 0 amide bonds. The van der Waals surface area contributed by atoms with E-state index in [-0.39, 0.29) is 65.8 Å². The van der Waals surface area contributed by atoms with Crippen molar-refractivity contribution in [2.75, 3.05) is 26.2 Å². The second-order valence-electron chi connectivity index (χ2n) is 19.7. The Bertz CT molecular complexity index is 1190. The summed E-state index contributed by atoms with van der Waals surface area (Å²) in [5.74, 6) is 0.381. The van der Waals surface area contributed by atoms with Crippen molar-refractivity contribution in [3.8, 4) is 11.5 Å². The van der Waals surface area contributed by atoms with E-state index in [1.54, 1.807) is 83.1 Å². The van der Waals surface area contributed by atoms with Crippen molar-refractivity contribution in [3.05, 3.63) is 57.6 Å². The fourth-order valence-electron chi connectivity index (χ4n) is 5.13. The van der Waals surface area contributed by atoms with Crippen LogP contribution in [-0.4, -0.2) is 72.6 Å². The van der Waals surface area contributed by atoms with Gasteiger partial charge in [0.05, 0.1) is 0 Å². The molecule has 370 valence electrons. The Morgan fingerprint density at radius 3 is 0.781 bits per heavy atom. The number of nitrogens with zero attached hydrogens (tertiary/aromatic N) is 2. The van der Waals surface area contributed by atoms with Gasteiger partial charge in [0, 0.05) is 39.3 Å². The molecule has 10 nitrogen and oxygen atoms in total. The van der Waals surface area contributed by atoms with E-state index in [9.17, 15) is 40.9 Å². The molecule has 12 heteroatoms. The quantitative estimate of drug-likeness (QED) is 0.254. The average molecular weight is 973 g/mol. The van der Waals surface area contributed by atoms with Crippen LogP contribution in [0.3, 0.4) is 0 Å². The monoisotopic (exact) mass is 973 g/mol. The van der Waals surface area contributed by atoms with Crippen molar-refractivity contribution < 1.29 is 84.3 Å². The van der Waals surface area contributed by atoms with Gasteiger partial charge in [-0.1, -0.05) is 200 Å². The number of benzene rings is 2. The Morgan fingerprint density at radius 2 is 0.625 bits per heavy atom. The fourth-order valence-corrected chi connectivity index (χ4v) is 5.13. The summed E-state index contributed by atoms with van der Waals surface area (Å²) in [6.45, 7) is 45.6. The summed E-state index contributed by atoms with van der Waals surface area (Å²) < 4.78 is 0. The first-order valence-electron chi connectivity index (χ1n) is 23.1. The van der Waals surface area contributed by atoms with Crippen LogP contribution in [0.25, 0.3) is 0 Å². The molecule has 2 aromatic rings. The van der Waals surface area contributed by atoms with E-state index in [4.69, 9.17) is 0 Å². The van der Waals surface area contributed by atoms with Gasteiger partial charge in [-0.3, -0.25) is 9.80 Å². The van der Waals surface area contributed by atoms with Gasteiger partial charge in [-0.15, -0.1) is 48.1 Å². The molecule has 1 fully saturated rings. The van der Waals surface area contributed by atoms with Gasteiger partial charge in [-0.05, 0) is 46.9 Å². The van der Waals surface area contributed by atoms with Crippen LogP contribution in [0, 0.1) is 13.8 Å². The zero-order valence-corrected chi connectivity index (χ0v) is 48.1. The van der Waals surface area contributed by atoms with E-state index in [0.29, 0.717) is 13.1 Å². The Balaban J connectivity index is -0.000000165. The van der Waals surface area contributed by atoms with Gasteiger partial charge in [0.15, 0.2) is 0 Å². The minimum atomic E-state index is -0.417. The van der Waals surface area contributed by atoms with Crippen LogP contribution in [0.15, 0.2) is 24.3 Å². The van der Waals surface area contributed by atoms with Crippen LogP contribution in [0.1, 0.15) is 198 Å². The SMILES string of the molecule is CC(C)[O-].CC(C)[O-].CC(C)[O-].CC(C)[O-].CC(C)[O-].CC(C)[O-].CCCCCC.Cc1cc(CN2CCN(Cc3cc(C)cc(C(C)(C)C)c3[O-])CC2)c([O-])c(C(C)(C)C)c1.[Ti+4].[Ti+4]. The molecule has 3 rings (SSSR count). The first-order valence-corrected chi connectivity index (χ1v) is 23.1. The van der Waals surface area contributed by atoms with Crippen LogP contribution in [0.4, 0.5) is 0 Å². The zero-order valence-electron chi connectivity index (χ0n) is 45.0. The molecule has 0 N–H and O–H groups in total. The van der Waals surface area contributed by atoms with Crippen molar-refractivity contribution in [1.82, 2.24) is 9.80 Å². The summed E-state index contributed by atoms with van der Waals surface area (Å²) in [7, 11) is 0. The molecule has 0 aliphatic carbocycles. The van der Waals surface area contributed by atoms with Crippen molar-refractivity contribution in [1.29, 1.82) is 0 Å². The maximum atomic E-state index is 13.1. The van der Waals surface area contributed by atoms with Gasteiger partial charge in [0.2, 0.25) is 0 Å². The summed E-state index contributed by atoms with van der Waals surface area (Å²) in [5, 5.41) is 83.3. The molecule has 1 saturated heterocycles. The van der Waals surface area contributed by atoms with Gasteiger partial charge in [-0.2, -0.15) is 0 Å². The van der Waals surface area contributed by atoms with E-state index in [1.165, 1.54) is 25.7 Å². The summed E-state index contributed by atoms with van der Waals surface area (Å²) in [4.78, 5) is 4.74. The Kier molecular flexibility index (Phi) is 52.5. The van der Waals surface area contributed by atoms with E-state index in [0.717, 1.165) is 59.6 Å². The molecule has 1 aliphatic rings. The average Bonchev–Trinajstić information content (AvgIpc) is 3.05. The third-order valence-electron chi connectivity index (χ3n) is 7.45.